The van der Waals surface area contributed by atoms with E-state index in [0.29, 0.717) is 24.4 Å². The summed E-state index contributed by atoms with van der Waals surface area (Å²) in [7, 11) is 0. The van der Waals surface area contributed by atoms with Crippen LogP contribution in [0.5, 0.6) is 0 Å². The normalized spacial score (nSPS) is 19.7. The standard InChI is InChI=1S/C22H24F3N5O3/c1-20(2,3)33-19(31)21(32)8-4-10-29(13-21)17-7-9-26-18(28-17)15-11-27-16-6-5-14(12-30(15)16)22(23,24)25/h5-7,9,11-12,32H,4,8,10,13H2,1-3H3. The number of piperidine rings is 1. The van der Waals surface area contributed by atoms with E-state index in [9.17, 15) is 23.1 Å². The fourth-order valence-corrected chi connectivity index (χ4v) is 3.73. The number of imidazole rings is 1. The van der Waals surface area contributed by atoms with Crippen LogP contribution in [0.3, 0.4) is 0 Å². The average Bonchev–Trinajstić information content (AvgIpc) is 3.15. The van der Waals surface area contributed by atoms with Crippen LogP contribution in [0, 0.1) is 0 Å². The van der Waals surface area contributed by atoms with Gasteiger partial charge in [0.1, 0.15) is 22.8 Å². The van der Waals surface area contributed by atoms with Gasteiger partial charge in [-0.2, -0.15) is 13.2 Å². The number of nitrogens with zero attached hydrogens (tertiary/aromatic N) is 5. The number of rotatable bonds is 3. The predicted octanol–water partition coefficient (Wildman–Crippen LogP) is 3.48. The third-order valence-corrected chi connectivity index (χ3v) is 5.28. The first kappa shape index (κ1) is 23.0. The van der Waals surface area contributed by atoms with Gasteiger partial charge in [-0.25, -0.2) is 19.7 Å². The van der Waals surface area contributed by atoms with Gasteiger partial charge in [0.2, 0.25) is 0 Å². The summed E-state index contributed by atoms with van der Waals surface area (Å²) in [5.41, 5.74) is -2.64. The number of hydrogen-bond donors (Lipinski definition) is 1. The topological polar surface area (TPSA) is 92.9 Å². The molecule has 0 amide bonds. The molecule has 1 N–H and O–H groups in total. The van der Waals surface area contributed by atoms with E-state index in [1.807, 2.05) is 0 Å². The monoisotopic (exact) mass is 463 g/mol. The number of anilines is 1. The SMILES string of the molecule is CC(C)(C)OC(=O)C1(O)CCCN(c2ccnc(-c3cnc4ccc(C(F)(F)F)cn34)n2)C1. The molecule has 1 aliphatic rings. The number of pyridine rings is 1. The molecule has 0 aliphatic carbocycles. The second kappa shape index (κ2) is 7.98. The van der Waals surface area contributed by atoms with Crippen molar-refractivity contribution in [3.05, 3.63) is 42.4 Å². The Morgan fingerprint density at radius 1 is 1.18 bits per heavy atom. The Kier molecular flexibility index (Phi) is 5.55. The molecule has 1 aliphatic heterocycles. The third kappa shape index (κ3) is 4.77. The van der Waals surface area contributed by atoms with Crippen molar-refractivity contribution in [2.45, 2.75) is 51.0 Å². The van der Waals surface area contributed by atoms with Crippen LogP contribution in [0.25, 0.3) is 17.2 Å². The number of halogens is 3. The number of hydrogen-bond acceptors (Lipinski definition) is 7. The zero-order valence-corrected chi connectivity index (χ0v) is 18.4. The van der Waals surface area contributed by atoms with Gasteiger partial charge in [-0.3, -0.25) is 4.40 Å². The van der Waals surface area contributed by atoms with E-state index in [1.165, 1.54) is 22.9 Å². The van der Waals surface area contributed by atoms with Crippen molar-refractivity contribution >= 4 is 17.4 Å². The summed E-state index contributed by atoms with van der Waals surface area (Å²) in [6, 6.07) is 3.87. The van der Waals surface area contributed by atoms with Crippen molar-refractivity contribution in [3.63, 3.8) is 0 Å². The van der Waals surface area contributed by atoms with Crippen molar-refractivity contribution in [1.29, 1.82) is 0 Å². The van der Waals surface area contributed by atoms with Crippen LogP contribution < -0.4 is 4.90 Å². The van der Waals surface area contributed by atoms with Crippen molar-refractivity contribution in [2.75, 3.05) is 18.0 Å². The zero-order chi connectivity index (χ0) is 24.0. The Morgan fingerprint density at radius 2 is 1.94 bits per heavy atom. The molecule has 4 rings (SSSR count). The highest BCUT2D eigenvalue weighted by Gasteiger charge is 2.43. The van der Waals surface area contributed by atoms with Gasteiger partial charge >= 0.3 is 12.1 Å². The van der Waals surface area contributed by atoms with Gasteiger partial charge < -0.3 is 14.7 Å². The molecule has 1 fully saturated rings. The van der Waals surface area contributed by atoms with Crippen molar-refractivity contribution in [3.8, 4) is 11.5 Å². The maximum atomic E-state index is 13.2. The minimum atomic E-state index is -4.50. The molecule has 176 valence electrons. The van der Waals surface area contributed by atoms with Gasteiger partial charge in [-0.15, -0.1) is 0 Å². The predicted molar refractivity (Wildman–Crippen MR) is 113 cm³/mol. The van der Waals surface area contributed by atoms with Gasteiger partial charge in [0.15, 0.2) is 11.4 Å². The molecule has 4 heterocycles. The molecule has 3 aromatic heterocycles. The molecular weight excluding hydrogens is 439 g/mol. The number of β-amino-alcohol motifs (C(OH)–C–C–N with tert-alkyl or cyclic N) is 1. The van der Waals surface area contributed by atoms with Crippen molar-refractivity contribution in [1.82, 2.24) is 19.4 Å². The van der Waals surface area contributed by atoms with Crippen LogP contribution >= 0.6 is 0 Å². The highest BCUT2D eigenvalue weighted by atomic mass is 19.4. The minimum absolute atomic E-state index is 0.0241. The molecule has 1 unspecified atom stereocenters. The van der Waals surface area contributed by atoms with Crippen LogP contribution in [0.1, 0.15) is 39.2 Å². The van der Waals surface area contributed by atoms with Crippen molar-refractivity contribution < 1.29 is 27.8 Å². The van der Waals surface area contributed by atoms with Crippen LogP contribution in [0.4, 0.5) is 19.0 Å². The Labute approximate surface area is 188 Å². The molecule has 0 aromatic carbocycles. The maximum absolute atomic E-state index is 13.2. The first-order valence-electron chi connectivity index (χ1n) is 10.4. The average molecular weight is 463 g/mol. The second-order valence-corrected chi connectivity index (χ2v) is 9.08. The lowest BCUT2D eigenvalue weighted by Crippen LogP contribution is -2.55. The summed E-state index contributed by atoms with van der Waals surface area (Å²) in [5, 5.41) is 11.0. The molecule has 0 radical (unpaired) electrons. The fourth-order valence-electron chi connectivity index (χ4n) is 3.73. The van der Waals surface area contributed by atoms with Crippen LogP contribution in [-0.2, 0) is 15.7 Å². The van der Waals surface area contributed by atoms with Crippen LogP contribution in [-0.4, -0.2) is 54.7 Å². The summed E-state index contributed by atoms with van der Waals surface area (Å²) >= 11 is 0. The number of carbonyl (C=O) groups is 1. The highest BCUT2D eigenvalue weighted by Crippen LogP contribution is 2.31. The Bertz CT molecular complexity index is 1190. The number of fused-ring (bicyclic) bond motifs is 1. The minimum Gasteiger partial charge on any atom is -0.458 e. The summed E-state index contributed by atoms with van der Waals surface area (Å²) in [5.74, 6) is -0.0928. The lowest BCUT2D eigenvalue weighted by Gasteiger charge is -2.39. The van der Waals surface area contributed by atoms with E-state index in [-0.39, 0.29) is 24.5 Å². The Morgan fingerprint density at radius 3 is 2.64 bits per heavy atom. The number of aliphatic hydroxyl groups is 1. The van der Waals surface area contributed by atoms with E-state index < -0.39 is 28.9 Å². The van der Waals surface area contributed by atoms with Crippen LogP contribution in [0.2, 0.25) is 0 Å². The first-order chi connectivity index (χ1) is 15.4. The summed E-state index contributed by atoms with van der Waals surface area (Å²) in [6.45, 7) is 5.69. The number of carbonyl (C=O) groups excluding carboxylic acids is 1. The molecular formula is C22H24F3N5O3. The van der Waals surface area contributed by atoms with E-state index in [0.717, 1.165) is 12.3 Å². The maximum Gasteiger partial charge on any atom is 0.417 e. The van der Waals surface area contributed by atoms with Gasteiger partial charge in [-0.05, 0) is 51.8 Å². The zero-order valence-electron chi connectivity index (χ0n) is 18.4. The molecule has 11 heteroatoms. The second-order valence-electron chi connectivity index (χ2n) is 9.08. The molecule has 1 saturated heterocycles. The lowest BCUT2D eigenvalue weighted by atomic mass is 9.92. The Balaban J connectivity index is 1.64. The van der Waals surface area contributed by atoms with E-state index in [2.05, 4.69) is 15.0 Å². The Hall–Kier alpha value is -3.21. The number of aromatic nitrogens is 4. The quantitative estimate of drug-likeness (QED) is 0.595. The third-order valence-electron chi connectivity index (χ3n) is 5.28. The summed E-state index contributed by atoms with van der Waals surface area (Å²) in [6.07, 6.45) is 0.116. The van der Waals surface area contributed by atoms with E-state index in [1.54, 1.807) is 31.7 Å². The smallest absolute Gasteiger partial charge is 0.417 e. The molecule has 1 atom stereocenters. The lowest BCUT2D eigenvalue weighted by molar-refractivity contribution is -0.178. The molecule has 0 bridgehead atoms. The summed E-state index contributed by atoms with van der Waals surface area (Å²) in [4.78, 5) is 27.2. The van der Waals surface area contributed by atoms with E-state index >= 15 is 0 Å². The fraction of sp³-hybridized carbons (Fsp3) is 0.455. The largest absolute Gasteiger partial charge is 0.458 e. The first-order valence-corrected chi connectivity index (χ1v) is 10.4. The summed E-state index contributed by atoms with van der Waals surface area (Å²) < 4.78 is 46.2. The van der Waals surface area contributed by atoms with Crippen molar-refractivity contribution in [2.24, 2.45) is 0 Å². The van der Waals surface area contributed by atoms with Gasteiger partial charge in [-0.1, -0.05) is 0 Å². The highest BCUT2D eigenvalue weighted by molar-refractivity contribution is 5.81. The number of alkyl halides is 3. The molecule has 0 spiro atoms. The van der Waals surface area contributed by atoms with E-state index in [4.69, 9.17) is 4.74 Å². The number of ether oxygens (including phenoxy) is 1. The molecule has 8 nitrogen and oxygen atoms in total. The van der Waals surface area contributed by atoms with Gasteiger partial charge in [0.05, 0.1) is 18.3 Å². The van der Waals surface area contributed by atoms with Crippen LogP contribution in [0.15, 0.2) is 36.8 Å². The van der Waals surface area contributed by atoms with Gasteiger partial charge in [0, 0.05) is 18.9 Å². The molecule has 33 heavy (non-hydrogen) atoms. The molecule has 3 aromatic rings. The molecule has 0 saturated carbocycles. The van der Waals surface area contributed by atoms with Gasteiger partial charge in [0.25, 0.3) is 0 Å². The number of esters is 1.